The molecule has 3 aromatic rings. The lowest BCUT2D eigenvalue weighted by Gasteiger charge is -2.33. The topological polar surface area (TPSA) is 15.9 Å². The molecule has 0 amide bonds. The summed E-state index contributed by atoms with van der Waals surface area (Å²) in [7, 11) is 0. The van der Waals surface area contributed by atoms with E-state index in [2.05, 4.69) is 0 Å². The quantitative estimate of drug-likeness (QED) is 0.296. The highest BCUT2D eigenvalue weighted by molar-refractivity contribution is 6.58. The number of nitrogens with zero attached hydrogens (tertiary/aromatic N) is 4. The maximum absolute atomic E-state index is 15.6. The van der Waals surface area contributed by atoms with Crippen LogP contribution in [-0.2, 0) is 0 Å². The Hall–Kier alpha value is -4.07. The van der Waals surface area contributed by atoms with Crippen molar-refractivity contribution in [3.8, 4) is 0 Å². The lowest BCUT2D eigenvalue weighted by molar-refractivity contribution is -0.362. The molecule has 4 aliphatic heterocycles. The predicted molar refractivity (Wildman–Crippen MR) is 144 cm³/mol. The SMILES string of the molecule is CC1=[N+]2C(=C(c3ccc(C4=C5C=CC(C)=[N+]5[B-](F)(F)n5c(C)ccc54)cc3)c3ccc(C)n3[B-]2(F)F)C=C1. The summed E-state index contributed by atoms with van der Waals surface area (Å²) in [5.74, 6) is 0. The van der Waals surface area contributed by atoms with Crippen molar-refractivity contribution in [2.45, 2.75) is 27.7 Å². The molecule has 2 aromatic heterocycles. The van der Waals surface area contributed by atoms with Gasteiger partial charge in [0.05, 0.1) is 11.1 Å². The number of fused-ring (bicyclic) bond motifs is 4. The van der Waals surface area contributed by atoms with Gasteiger partial charge in [-0.1, -0.05) is 24.3 Å². The predicted octanol–water partition coefficient (Wildman–Crippen LogP) is 5.98. The van der Waals surface area contributed by atoms with Gasteiger partial charge in [-0.2, -0.15) is 0 Å². The number of rotatable bonds is 2. The number of allylic oxidation sites excluding steroid dienone is 4. The van der Waals surface area contributed by atoms with E-state index in [9.17, 15) is 0 Å². The molecule has 7 rings (SSSR count). The Bertz CT molecular complexity index is 1660. The van der Waals surface area contributed by atoms with E-state index >= 15 is 17.3 Å². The van der Waals surface area contributed by atoms with Gasteiger partial charge >= 0.3 is 13.9 Å². The van der Waals surface area contributed by atoms with Crippen molar-refractivity contribution in [3.63, 3.8) is 0 Å². The molecule has 0 bridgehead atoms. The fourth-order valence-electron chi connectivity index (χ4n) is 6.55. The third-order valence-electron chi connectivity index (χ3n) is 8.22. The normalized spacial score (nSPS) is 20.4. The first kappa shape index (κ1) is 23.1. The lowest BCUT2D eigenvalue weighted by Crippen LogP contribution is -2.51. The van der Waals surface area contributed by atoms with E-state index in [0.29, 0.717) is 56.7 Å². The van der Waals surface area contributed by atoms with Gasteiger partial charge in [0.15, 0.2) is 11.4 Å². The van der Waals surface area contributed by atoms with Crippen LogP contribution in [0.25, 0.3) is 11.1 Å². The molecular formula is C28H24B2F4N4. The summed E-state index contributed by atoms with van der Waals surface area (Å²) in [6.07, 6.45) is 6.92. The zero-order valence-corrected chi connectivity index (χ0v) is 21.4. The van der Waals surface area contributed by atoms with Crippen LogP contribution in [0.5, 0.6) is 0 Å². The highest BCUT2D eigenvalue weighted by Gasteiger charge is 2.54. The summed E-state index contributed by atoms with van der Waals surface area (Å²) >= 11 is 0. The van der Waals surface area contributed by atoms with Crippen LogP contribution in [0.2, 0.25) is 0 Å². The van der Waals surface area contributed by atoms with Crippen LogP contribution >= 0.6 is 0 Å². The van der Waals surface area contributed by atoms with Crippen LogP contribution < -0.4 is 0 Å². The van der Waals surface area contributed by atoms with Gasteiger partial charge < -0.3 is 35.2 Å². The minimum Gasteiger partial charge on any atom is -0.393 e. The fraction of sp³-hybridized carbons (Fsp3) is 0.143. The third kappa shape index (κ3) is 2.72. The van der Waals surface area contributed by atoms with E-state index < -0.39 is 13.9 Å². The van der Waals surface area contributed by atoms with Gasteiger partial charge in [-0.25, -0.2) is 0 Å². The number of halogens is 4. The fourth-order valence-corrected chi connectivity index (χ4v) is 6.55. The van der Waals surface area contributed by atoms with Crippen LogP contribution in [0.15, 0.2) is 84.2 Å². The minimum absolute atomic E-state index is 0.465. The second kappa shape index (κ2) is 7.28. The van der Waals surface area contributed by atoms with Gasteiger partial charge in [0.25, 0.3) is 0 Å². The summed E-state index contributed by atoms with van der Waals surface area (Å²) in [4.78, 5) is 0. The monoisotopic (exact) mass is 514 g/mol. The summed E-state index contributed by atoms with van der Waals surface area (Å²) in [5, 5.41) is 0. The molecule has 0 N–H and O–H groups in total. The molecule has 0 aliphatic carbocycles. The standard InChI is InChI=1S/C28H24B2F4N4/c1-17-5-13-23-27(24-14-6-18(2)36(24)29(31,32)35(17)23)21-9-11-22(12-10-21)28-25-15-7-19(3)37(25)30(33,34)38-20(4)8-16-26(28)38/h5-16H,1-4H3. The molecular weight excluding hydrogens is 490 g/mol. The van der Waals surface area contributed by atoms with Crippen molar-refractivity contribution in [2.75, 3.05) is 0 Å². The summed E-state index contributed by atoms with van der Waals surface area (Å²) in [5.41, 5.74) is 6.82. The Labute approximate surface area is 217 Å². The Morgan fingerprint density at radius 2 is 0.895 bits per heavy atom. The molecule has 190 valence electrons. The molecule has 10 heteroatoms. The van der Waals surface area contributed by atoms with Crippen molar-refractivity contribution in [1.29, 1.82) is 0 Å². The largest absolute Gasteiger partial charge is 0.737 e. The Morgan fingerprint density at radius 3 is 1.26 bits per heavy atom. The van der Waals surface area contributed by atoms with E-state index in [4.69, 9.17) is 0 Å². The zero-order valence-electron chi connectivity index (χ0n) is 21.4. The van der Waals surface area contributed by atoms with E-state index in [1.54, 1.807) is 76.3 Å². The molecule has 0 saturated heterocycles. The first-order chi connectivity index (χ1) is 18.0. The van der Waals surface area contributed by atoms with Gasteiger partial charge in [-0.05, 0) is 60.6 Å². The highest BCUT2D eigenvalue weighted by Crippen LogP contribution is 2.43. The number of aryl methyl sites for hydroxylation is 2. The van der Waals surface area contributed by atoms with E-state index in [-0.39, 0.29) is 0 Å². The molecule has 0 unspecified atom stereocenters. The number of hydrogen-bond acceptors (Lipinski definition) is 0. The number of hydrogen-bond donors (Lipinski definition) is 0. The van der Waals surface area contributed by atoms with Crippen LogP contribution in [-0.4, -0.2) is 43.3 Å². The molecule has 0 spiro atoms. The maximum Gasteiger partial charge on any atom is 0.737 e. The van der Waals surface area contributed by atoms with Gasteiger partial charge in [-0.3, -0.25) is 0 Å². The van der Waals surface area contributed by atoms with Crippen LogP contribution in [0.1, 0.15) is 47.8 Å². The molecule has 0 saturated carbocycles. The maximum atomic E-state index is 15.6. The van der Waals surface area contributed by atoms with Crippen LogP contribution in [0.4, 0.5) is 17.3 Å². The van der Waals surface area contributed by atoms with Crippen molar-refractivity contribution in [2.24, 2.45) is 0 Å². The summed E-state index contributed by atoms with van der Waals surface area (Å²) < 4.78 is 67.1. The van der Waals surface area contributed by atoms with Gasteiger partial charge in [-0.15, -0.1) is 0 Å². The number of benzene rings is 1. The third-order valence-corrected chi connectivity index (χ3v) is 8.22. The van der Waals surface area contributed by atoms with Crippen LogP contribution in [0.3, 0.4) is 0 Å². The van der Waals surface area contributed by atoms with E-state index in [0.717, 1.165) is 29.1 Å². The molecule has 4 nitrogen and oxygen atoms in total. The van der Waals surface area contributed by atoms with E-state index in [1.165, 1.54) is 0 Å². The molecule has 0 radical (unpaired) electrons. The molecule has 1 aromatic carbocycles. The second-order valence-corrected chi connectivity index (χ2v) is 10.4. The molecule has 38 heavy (non-hydrogen) atoms. The second-order valence-electron chi connectivity index (χ2n) is 10.4. The van der Waals surface area contributed by atoms with Crippen molar-refractivity contribution < 1.29 is 26.2 Å². The molecule has 4 aliphatic rings. The minimum atomic E-state index is -4.02. The van der Waals surface area contributed by atoms with Crippen molar-refractivity contribution in [3.05, 3.63) is 118 Å². The summed E-state index contributed by atoms with van der Waals surface area (Å²) in [6.45, 7) is -1.28. The Balaban J connectivity index is 1.42. The Morgan fingerprint density at radius 1 is 0.526 bits per heavy atom. The van der Waals surface area contributed by atoms with Crippen molar-refractivity contribution in [1.82, 2.24) is 8.96 Å². The average Bonchev–Trinajstić information content (AvgIpc) is 3.63. The molecule has 6 heterocycles. The van der Waals surface area contributed by atoms with E-state index in [1.807, 2.05) is 24.3 Å². The average molecular weight is 514 g/mol. The smallest absolute Gasteiger partial charge is 0.393 e. The van der Waals surface area contributed by atoms with Gasteiger partial charge in [0, 0.05) is 49.5 Å². The number of aromatic nitrogens is 2. The van der Waals surface area contributed by atoms with Crippen molar-refractivity contribution >= 4 is 36.5 Å². The van der Waals surface area contributed by atoms with Crippen LogP contribution in [0, 0.1) is 13.8 Å². The van der Waals surface area contributed by atoms with Gasteiger partial charge in [0.2, 0.25) is 0 Å². The highest BCUT2D eigenvalue weighted by atomic mass is 19.3. The molecule has 0 atom stereocenters. The lowest BCUT2D eigenvalue weighted by atomic mass is 9.84. The zero-order chi connectivity index (χ0) is 26.7. The first-order valence-electron chi connectivity index (χ1n) is 12.7. The summed E-state index contributed by atoms with van der Waals surface area (Å²) in [6, 6.07) is 14.5. The molecule has 0 fully saturated rings. The van der Waals surface area contributed by atoms with Gasteiger partial charge in [0.1, 0.15) is 11.4 Å². The Kier molecular flexibility index (Phi) is 4.42. The first-order valence-corrected chi connectivity index (χ1v) is 12.7.